The van der Waals surface area contributed by atoms with Crippen molar-refractivity contribution in [2.45, 2.75) is 39.5 Å². The molecule has 19 heavy (non-hydrogen) atoms. The van der Waals surface area contributed by atoms with Gasteiger partial charge in [0.2, 0.25) is 5.91 Å². The van der Waals surface area contributed by atoms with E-state index in [0.717, 1.165) is 5.76 Å². The van der Waals surface area contributed by atoms with Crippen LogP contribution in [-0.4, -0.2) is 23.5 Å². The van der Waals surface area contributed by atoms with E-state index in [2.05, 4.69) is 5.32 Å². The van der Waals surface area contributed by atoms with Crippen molar-refractivity contribution in [1.82, 2.24) is 5.32 Å². The van der Waals surface area contributed by atoms with Crippen molar-refractivity contribution in [2.75, 3.05) is 6.54 Å². The van der Waals surface area contributed by atoms with Gasteiger partial charge in [-0.3, -0.25) is 9.59 Å². The third-order valence-electron chi connectivity index (χ3n) is 3.61. The van der Waals surface area contributed by atoms with Crippen LogP contribution in [0.1, 0.15) is 38.9 Å². The minimum Gasteiger partial charge on any atom is -0.481 e. The SMILES string of the molecule is CCC(CC)(CNC(=O)CCc1ccco1)C(=O)O. The summed E-state index contributed by atoms with van der Waals surface area (Å²) < 4.78 is 5.14. The molecule has 5 heteroatoms. The predicted molar refractivity (Wildman–Crippen MR) is 70.7 cm³/mol. The first kappa shape index (κ1) is 15.3. The lowest BCUT2D eigenvalue weighted by atomic mass is 9.82. The number of amides is 1. The number of hydrogen-bond donors (Lipinski definition) is 2. The van der Waals surface area contributed by atoms with E-state index >= 15 is 0 Å². The molecular weight excluding hydrogens is 246 g/mol. The lowest BCUT2D eigenvalue weighted by Crippen LogP contribution is -2.42. The van der Waals surface area contributed by atoms with E-state index < -0.39 is 11.4 Å². The molecule has 0 saturated carbocycles. The molecule has 0 unspecified atom stereocenters. The molecule has 0 bridgehead atoms. The summed E-state index contributed by atoms with van der Waals surface area (Å²) in [6.45, 7) is 3.82. The van der Waals surface area contributed by atoms with Gasteiger partial charge in [-0.05, 0) is 25.0 Å². The molecule has 0 radical (unpaired) electrons. The Morgan fingerprint density at radius 3 is 2.53 bits per heavy atom. The van der Waals surface area contributed by atoms with Gasteiger partial charge >= 0.3 is 5.97 Å². The molecule has 0 aliphatic rings. The van der Waals surface area contributed by atoms with Crippen molar-refractivity contribution in [1.29, 1.82) is 0 Å². The van der Waals surface area contributed by atoms with Crippen LogP contribution in [0.15, 0.2) is 22.8 Å². The number of carboxylic acid groups (broad SMARTS) is 1. The molecule has 5 nitrogen and oxygen atoms in total. The summed E-state index contributed by atoms with van der Waals surface area (Å²) in [4.78, 5) is 23.0. The van der Waals surface area contributed by atoms with Crippen molar-refractivity contribution in [3.8, 4) is 0 Å². The second-order valence-electron chi connectivity index (χ2n) is 4.65. The Morgan fingerprint density at radius 2 is 2.05 bits per heavy atom. The molecular formula is C14H21NO4. The van der Waals surface area contributed by atoms with E-state index in [0.29, 0.717) is 25.7 Å². The van der Waals surface area contributed by atoms with Crippen LogP contribution in [0.5, 0.6) is 0 Å². The average molecular weight is 267 g/mol. The molecule has 0 fully saturated rings. The van der Waals surface area contributed by atoms with Crippen LogP contribution in [0.25, 0.3) is 0 Å². The number of carboxylic acids is 1. The van der Waals surface area contributed by atoms with Crippen LogP contribution in [-0.2, 0) is 16.0 Å². The Bertz CT molecular complexity index is 407. The summed E-state index contributed by atoms with van der Waals surface area (Å²) >= 11 is 0. The van der Waals surface area contributed by atoms with Gasteiger partial charge in [0.25, 0.3) is 0 Å². The Morgan fingerprint density at radius 1 is 1.37 bits per heavy atom. The molecule has 1 heterocycles. The van der Waals surface area contributed by atoms with Crippen LogP contribution < -0.4 is 5.32 Å². The molecule has 0 aromatic carbocycles. The van der Waals surface area contributed by atoms with Crippen molar-refractivity contribution < 1.29 is 19.1 Å². The maximum Gasteiger partial charge on any atom is 0.311 e. The summed E-state index contributed by atoms with van der Waals surface area (Å²) in [6.07, 6.45) is 3.39. The van der Waals surface area contributed by atoms with Crippen LogP contribution in [0, 0.1) is 5.41 Å². The maximum atomic E-state index is 11.7. The van der Waals surface area contributed by atoms with Crippen molar-refractivity contribution in [2.24, 2.45) is 5.41 Å². The van der Waals surface area contributed by atoms with Crippen LogP contribution in [0.3, 0.4) is 0 Å². The van der Waals surface area contributed by atoms with Gasteiger partial charge < -0.3 is 14.8 Å². The molecule has 1 aromatic rings. The Balaban J connectivity index is 2.42. The smallest absolute Gasteiger partial charge is 0.311 e. The van der Waals surface area contributed by atoms with Gasteiger partial charge in [-0.15, -0.1) is 0 Å². The Labute approximate surface area is 113 Å². The molecule has 2 N–H and O–H groups in total. The van der Waals surface area contributed by atoms with Crippen LogP contribution in [0.2, 0.25) is 0 Å². The van der Waals surface area contributed by atoms with Crippen LogP contribution in [0.4, 0.5) is 0 Å². The number of carbonyl (C=O) groups is 2. The fourth-order valence-electron chi connectivity index (χ4n) is 1.93. The highest BCUT2D eigenvalue weighted by atomic mass is 16.4. The number of aliphatic carboxylic acids is 1. The first-order valence-corrected chi connectivity index (χ1v) is 6.56. The predicted octanol–water partition coefficient (Wildman–Crippen LogP) is 2.22. The maximum absolute atomic E-state index is 11.7. The third kappa shape index (κ3) is 4.12. The summed E-state index contributed by atoms with van der Waals surface area (Å²) in [6, 6.07) is 3.59. The summed E-state index contributed by atoms with van der Waals surface area (Å²) in [5.41, 5.74) is -0.861. The van der Waals surface area contributed by atoms with Gasteiger partial charge in [-0.25, -0.2) is 0 Å². The monoisotopic (exact) mass is 267 g/mol. The molecule has 1 amide bonds. The summed E-state index contributed by atoms with van der Waals surface area (Å²) in [5, 5.41) is 12.0. The summed E-state index contributed by atoms with van der Waals surface area (Å²) in [7, 11) is 0. The van der Waals surface area contributed by atoms with Gasteiger partial charge in [0.15, 0.2) is 0 Å². The van der Waals surface area contributed by atoms with Gasteiger partial charge in [0.05, 0.1) is 11.7 Å². The second kappa shape index (κ2) is 6.97. The second-order valence-corrected chi connectivity index (χ2v) is 4.65. The number of furan rings is 1. The Kier molecular flexibility index (Phi) is 5.60. The topological polar surface area (TPSA) is 79.5 Å². The van der Waals surface area contributed by atoms with Crippen molar-refractivity contribution >= 4 is 11.9 Å². The Hall–Kier alpha value is -1.78. The third-order valence-corrected chi connectivity index (χ3v) is 3.61. The molecule has 1 aromatic heterocycles. The molecule has 0 atom stereocenters. The van der Waals surface area contributed by atoms with E-state index in [1.165, 1.54) is 0 Å². The number of carbonyl (C=O) groups excluding carboxylic acids is 1. The van der Waals surface area contributed by atoms with Crippen molar-refractivity contribution in [3.63, 3.8) is 0 Å². The number of aryl methyl sites for hydroxylation is 1. The normalized spacial score (nSPS) is 11.3. The van der Waals surface area contributed by atoms with Crippen LogP contribution >= 0.6 is 0 Å². The molecule has 0 saturated heterocycles. The van der Waals surface area contributed by atoms with Gasteiger partial charge in [0.1, 0.15) is 5.76 Å². The van der Waals surface area contributed by atoms with Crippen molar-refractivity contribution in [3.05, 3.63) is 24.2 Å². The molecule has 0 aliphatic heterocycles. The minimum absolute atomic E-state index is 0.149. The standard InChI is InChI=1S/C14H21NO4/c1-3-14(4-2,13(17)18)10-15-12(16)8-7-11-6-5-9-19-11/h5-6,9H,3-4,7-8,10H2,1-2H3,(H,15,16)(H,17,18). The minimum atomic E-state index is -0.861. The van der Waals surface area contributed by atoms with Gasteiger partial charge in [-0.2, -0.15) is 0 Å². The highest BCUT2D eigenvalue weighted by Gasteiger charge is 2.34. The first-order chi connectivity index (χ1) is 9.04. The summed E-state index contributed by atoms with van der Waals surface area (Å²) in [5.74, 6) is -0.251. The van der Waals surface area contributed by atoms with E-state index in [9.17, 15) is 14.7 Å². The molecule has 0 aliphatic carbocycles. The fraction of sp³-hybridized carbons (Fsp3) is 0.571. The van der Waals surface area contributed by atoms with Gasteiger partial charge in [-0.1, -0.05) is 13.8 Å². The zero-order valence-electron chi connectivity index (χ0n) is 11.4. The van der Waals surface area contributed by atoms with E-state index in [4.69, 9.17) is 4.42 Å². The van der Waals surface area contributed by atoms with E-state index in [1.54, 1.807) is 12.3 Å². The van der Waals surface area contributed by atoms with E-state index in [1.807, 2.05) is 19.9 Å². The lowest BCUT2D eigenvalue weighted by Gasteiger charge is -2.26. The average Bonchev–Trinajstić information content (AvgIpc) is 2.91. The highest BCUT2D eigenvalue weighted by Crippen LogP contribution is 2.25. The first-order valence-electron chi connectivity index (χ1n) is 6.56. The highest BCUT2D eigenvalue weighted by molar-refractivity contribution is 5.79. The zero-order chi connectivity index (χ0) is 14.3. The lowest BCUT2D eigenvalue weighted by molar-refractivity contribution is -0.149. The molecule has 0 spiro atoms. The number of rotatable bonds is 8. The number of nitrogens with one attached hydrogen (secondary N) is 1. The fourth-order valence-corrected chi connectivity index (χ4v) is 1.93. The molecule has 106 valence electrons. The zero-order valence-corrected chi connectivity index (χ0v) is 11.4. The molecule has 1 rings (SSSR count). The quantitative estimate of drug-likeness (QED) is 0.757. The van der Waals surface area contributed by atoms with Gasteiger partial charge in [0, 0.05) is 19.4 Å². The van der Waals surface area contributed by atoms with E-state index in [-0.39, 0.29) is 12.5 Å². The number of hydrogen-bond acceptors (Lipinski definition) is 3. The largest absolute Gasteiger partial charge is 0.481 e.